The lowest BCUT2D eigenvalue weighted by molar-refractivity contribution is 0.562. The standard InChI is InChI=1S/C5H11NO2S/c1-2-6-4-3-5-9(7)8/h2H,3-5H2,1H3,(H,7,8)/b6-2+. The predicted octanol–water partition coefficient (Wildman–Crippen LogP) is 0.689. The van der Waals surface area contributed by atoms with E-state index in [2.05, 4.69) is 4.99 Å². The molecule has 0 aromatic carbocycles. The van der Waals surface area contributed by atoms with E-state index in [4.69, 9.17) is 4.55 Å². The average Bonchev–Trinajstić information content (AvgIpc) is 1.80. The molecule has 0 saturated carbocycles. The van der Waals surface area contributed by atoms with E-state index in [0.29, 0.717) is 18.7 Å². The number of rotatable bonds is 4. The summed E-state index contributed by atoms with van der Waals surface area (Å²) in [5, 5.41) is 0. The van der Waals surface area contributed by atoms with Crippen molar-refractivity contribution in [2.75, 3.05) is 12.3 Å². The Bertz CT molecular complexity index is 114. The summed E-state index contributed by atoms with van der Waals surface area (Å²) in [5.74, 6) is 0.331. The van der Waals surface area contributed by atoms with Gasteiger partial charge in [0.1, 0.15) is 0 Å². The van der Waals surface area contributed by atoms with Gasteiger partial charge < -0.3 is 4.55 Å². The highest BCUT2D eigenvalue weighted by atomic mass is 32.2. The third kappa shape index (κ3) is 7.78. The Hall–Kier alpha value is -0.220. The van der Waals surface area contributed by atoms with Gasteiger partial charge in [-0.3, -0.25) is 4.99 Å². The molecule has 9 heavy (non-hydrogen) atoms. The van der Waals surface area contributed by atoms with E-state index in [1.54, 1.807) is 6.21 Å². The molecule has 0 aliphatic carbocycles. The van der Waals surface area contributed by atoms with Gasteiger partial charge in [-0.15, -0.1) is 0 Å². The molecule has 1 atom stereocenters. The number of hydrogen-bond acceptors (Lipinski definition) is 2. The molecule has 3 nitrogen and oxygen atoms in total. The third-order valence-electron chi connectivity index (χ3n) is 0.789. The van der Waals surface area contributed by atoms with E-state index in [-0.39, 0.29) is 0 Å². The van der Waals surface area contributed by atoms with Crippen molar-refractivity contribution in [1.82, 2.24) is 0 Å². The molecule has 0 aliphatic heterocycles. The molecule has 1 N–H and O–H groups in total. The summed E-state index contributed by atoms with van der Waals surface area (Å²) in [6, 6.07) is 0. The van der Waals surface area contributed by atoms with Gasteiger partial charge in [-0.2, -0.15) is 0 Å². The Labute approximate surface area is 57.5 Å². The number of hydrogen-bond donors (Lipinski definition) is 1. The van der Waals surface area contributed by atoms with Crippen molar-refractivity contribution in [3.8, 4) is 0 Å². The van der Waals surface area contributed by atoms with Crippen LogP contribution in [0.1, 0.15) is 13.3 Å². The Morgan fingerprint density at radius 2 is 2.44 bits per heavy atom. The molecule has 0 fully saturated rings. The second-order valence-corrected chi connectivity index (χ2v) is 2.59. The van der Waals surface area contributed by atoms with Gasteiger partial charge in [-0.05, 0) is 19.6 Å². The van der Waals surface area contributed by atoms with Gasteiger partial charge in [0, 0.05) is 6.54 Å². The molecular weight excluding hydrogens is 138 g/mol. The molecule has 0 bridgehead atoms. The monoisotopic (exact) mass is 149 g/mol. The molecule has 0 aromatic rings. The molecular formula is C5H11NO2S. The van der Waals surface area contributed by atoms with Gasteiger partial charge in [0.05, 0.1) is 5.75 Å². The van der Waals surface area contributed by atoms with Crippen molar-refractivity contribution in [3.63, 3.8) is 0 Å². The van der Waals surface area contributed by atoms with Crippen LogP contribution in [0.5, 0.6) is 0 Å². The van der Waals surface area contributed by atoms with E-state index < -0.39 is 11.1 Å². The molecule has 0 aromatic heterocycles. The summed E-state index contributed by atoms with van der Waals surface area (Å²) in [4.78, 5) is 3.87. The molecule has 0 heterocycles. The minimum Gasteiger partial charge on any atom is -0.306 e. The first-order valence-corrected chi connectivity index (χ1v) is 4.07. The fraction of sp³-hybridized carbons (Fsp3) is 0.800. The first-order chi connectivity index (χ1) is 4.27. The zero-order valence-electron chi connectivity index (χ0n) is 5.41. The third-order valence-corrected chi connectivity index (χ3v) is 1.43. The highest BCUT2D eigenvalue weighted by Gasteiger charge is 1.89. The van der Waals surface area contributed by atoms with Gasteiger partial charge in [-0.25, -0.2) is 4.21 Å². The molecule has 0 aliphatic rings. The molecule has 0 spiro atoms. The lowest BCUT2D eigenvalue weighted by atomic mass is 10.5. The van der Waals surface area contributed by atoms with Gasteiger partial charge in [0.25, 0.3) is 0 Å². The maximum absolute atomic E-state index is 10.0. The van der Waals surface area contributed by atoms with Gasteiger partial charge >= 0.3 is 0 Å². The summed E-state index contributed by atoms with van der Waals surface area (Å²) in [6.07, 6.45) is 2.38. The van der Waals surface area contributed by atoms with Crippen molar-refractivity contribution < 1.29 is 8.76 Å². The summed E-state index contributed by atoms with van der Waals surface area (Å²) in [5.41, 5.74) is 0. The average molecular weight is 149 g/mol. The summed E-state index contributed by atoms with van der Waals surface area (Å²) < 4.78 is 18.3. The van der Waals surface area contributed by atoms with Crippen LogP contribution in [-0.2, 0) is 11.1 Å². The molecule has 0 amide bonds. The molecule has 0 saturated heterocycles. The molecule has 0 rings (SSSR count). The Balaban J connectivity index is 3.01. The first-order valence-electron chi connectivity index (χ1n) is 2.79. The summed E-state index contributed by atoms with van der Waals surface area (Å²) in [6.45, 7) is 2.48. The normalized spacial score (nSPS) is 14.4. The fourth-order valence-corrected chi connectivity index (χ4v) is 0.784. The Kier molecular flexibility index (Phi) is 5.76. The van der Waals surface area contributed by atoms with Crippen LogP contribution >= 0.6 is 0 Å². The minimum absolute atomic E-state index is 0.331. The topological polar surface area (TPSA) is 49.7 Å². The lowest BCUT2D eigenvalue weighted by Gasteiger charge is -1.89. The van der Waals surface area contributed by atoms with Crippen LogP contribution in [0.15, 0.2) is 4.99 Å². The SMILES string of the molecule is C/C=N/CCCS(=O)O. The van der Waals surface area contributed by atoms with Crippen LogP contribution in [-0.4, -0.2) is 27.3 Å². The fourth-order valence-electron chi connectivity index (χ4n) is 0.408. The van der Waals surface area contributed by atoms with Crippen molar-refractivity contribution >= 4 is 17.3 Å². The minimum atomic E-state index is -1.64. The Morgan fingerprint density at radius 1 is 1.78 bits per heavy atom. The highest BCUT2D eigenvalue weighted by Crippen LogP contribution is 1.83. The summed E-state index contributed by atoms with van der Waals surface area (Å²) >= 11 is -1.64. The van der Waals surface area contributed by atoms with E-state index in [1.165, 1.54) is 0 Å². The van der Waals surface area contributed by atoms with Crippen LogP contribution in [0, 0.1) is 0 Å². The van der Waals surface area contributed by atoms with Crippen molar-refractivity contribution in [2.45, 2.75) is 13.3 Å². The van der Waals surface area contributed by atoms with Crippen LogP contribution in [0.3, 0.4) is 0 Å². The van der Waals surface area contributed by atoms with Crippen LogP contribution in [0.2, 0.25) is 0 Å². The highest BCUT2D eigenvalue weighted by molar-refractivity contribution is 7.79. The van der Waals surface area contributed by atoms with E-state index in [1.807, 2.05) is 6.92 Å². The number of aliphatic imine (C=N–C) groups is 1. The molecule has 54 valence electrons. The molecule has 0 radical (unpaired) electrons. The van der Waals surface area contributed by atoms with E-state index in [9.17, 15) is 4.21 Å². The van der Waals surface area contributed by atoms with Crippen molar-refractivity contribution in [2.24, 2.45) is 4.99 Å². The lowest BCUT2D eigenvalue weighted by Crippen LogP contribution is -1.96. The largest absolute Gasteiger partial charge is 0.306 e. The zero-order valence-corrected chi connectivity index (χ0v) is 6.23. The van der Waals surface area contributed by atoms with Crippen molar-refractivity contribution in [1.29, 1.82) is 0 Å². The number of nitrogens with zero attached hydrogens (tertiary/aromatic N) is 1. The first kappa shape index (κ1) is 8.78. The predicted molar refractivity (Wildman–Crippen MR) is 39.3 cm³/mol. The maximum atomic E-state index is 10.0. The zero-order chi connectivity index (χ0) is 7.11. The smallest absolute Gasteiger partial charge is 0.152 e. The van der Waals surface area contributed by atoms with Crippen LogP contribution < -0.4 is 0 Å². The van der Waals surface area contributed by atoms with Crippen molar-refractivity contribution in [3.05, 3.63) is 0 Å². The molecule has 4 heteroatoms. The maximum Gasteiger partial charge on any atom is 0.152 e. The second-order valence-electron chi connectivity index (χ2n) is 1.54. The second kappa shape index (κ2) is 5.91. The summed E-state index contributed by atoms with van der Waals surface area (Å²) in [7, 11) is 0. The van der Waals surface area contributed by atoms with Gasteiger partial charge in [0.15, 0.2) is 11.1 Å². The quantitative estimate of drug-likeness (QED) is 0.363. The Morgan fingerprint density at radius 3 is 2.89 bits per heavy atom. The van der Waals surface area contributed by atoms with Gasteiger partial charge in [-0.1, -0.05) is 0 Å². The van der Waals surface area contributed by atoms with Crippen LogP contribution in [0.4, 0.5) is 0 Å². The molecule has 1 unspecified atom stereocenters. The van der Waals surface area contributed by atoms with Crippen LogP contribution in [0.25, 0.3) is 0 Å². The van der Waals surface area contributed by atoms with E-state index in [0.717, 1.165) is 0 Å². The van der Waals surface area contributed by atoms with E-state index >= 15 is 0 Å². The van der Waals surface area contributed by atoms with Gasteiger partial charge in [0.2, 0.25) is 0 Å².